The molecule has 1 aliphatic rings. The molecule has 3 rings (SSSR count). The van der Waals surface area contributed by atoms with Gasteiger partial charge in [-0.3, -0.25) is 0 Å². The summed E-state index contributed by atoms with van der Waals surface area (Å²) in [4.78, 5) is 6.81. The van der Waals surface area contributed by atoms with Crippen LogP contribution in [-0.4, -0.2) is 36.6 Å². The van der Waals surface area contributed by atoms with Crippen LogP contribution >= 0.6 is 0 Å². The van der Waals surface area contributed by atoms with E-state index in [1.54, 1.807) is 0 Å². The lowest BCUT2D eigenvalue weighted by atomic mass is 9.97. The fourth-order valence-electron chi connectivity index (χ4n) is 2.79. The zero-order valence-electron chi connectivity index (χ0n) is 11.1. The van der Waals surface area contributed by atoms with Gasteiger partial charge in [0.2, 0.25) is 0 Å². The second-order valence-corrected chi connectivity index (χ2v) is 5.18. The Balaban J connectivity index is 2.06. The van der Waals surface area contributed by atoms with E-state index >= 15 is 0 Å². The van der Waals surface area contributed by atoms with Gasteiger partial charge in [0.15, 0.2) is 0 Å². The molecule has 0 aliphatic carbocycles. The number of anilines is 1. The average Bonchev–Trinajstić information content (AvgIpc) is 2.83. The van der Waals surface area contributed by atoms with Crippen LogP contribution in [0, 0.1) is 0 Å². The highest BCUT2D eigenvalue weighted by Crippen LogP contribution is 2.28. The third kappa shape index (κ3) is 1.86. The predicted molar refractivity (Wildman–Crippen MR) is 74.4 cm³/mol. The Morgan fingerprint density at radius 3 is 2.83 bits per heavy atom. The van der Waals surface area contributed by atoms with Gasteiger partial charge in [0.05, 0.1) is 17.4 Å². The molecule has 4 heteroatoms. The number of aromatic nitrogens is 2. The normalized spacial score (nSPS) is 17.2. The molecule has 1 saturated heterocycles. The minimum atomic E-state index is 0.589. The number of piperidine rings is 1. The molecule has 3 heterocycles. The van der Waals surface area contributed by atoms with Gasteiger partial charge >= 0.3 is 0 Å². The molecule has 0 unspecified atom stereocenters. The van der Waals surface area contributed by atoms with Crippen molar-refractivity contribution >= 4 is 11.2 Å². The number of fused-ring (bicyclic) bond motifs is 1. The van der Waals surface area contributed by atoms with E-state index in [1.807, 2.05) is 6.20 Å². The van der Waals surface area contributed by atoms with Crippen LogP contribution in [0.5, 0.6) is 0 Å². The second kappa shape index (κ2) is 4.61. The van der Waals surface area contributed by atoms with Crippen molar-refractivity contribution in [1.29, 1.82) is 0 Å². The SMILES string of the molecule is CN(C)c1cccn2c(C3CCNCC3)ncc12. The van der Waals surface area contributed by atoms with Gasteiger partial charge in [-0.2, -0.15) is 0 Å². The predicted octanol–water partition coefficient (Wildman–Crippen LogP) is 1.87. The van der Waals surface area contributed by atoms with Crippen LogP contribution in [-0.2, 0) is 0 Å². The summed E-state index contributed by atoms with van der Waals surface area (Å²) in [7, 11) is 4.15. The zero-order chi connectivity index (χ0) is 12.5. The summed E-state index contributed by atoms with van der Waals surface area (Å²) < 4.78 is 2.26. The molecule has 0 saturated carbocycles. The van der Waals surface area contributed by atoms with Crippen LogP contribution in [0.4, 0.5) is 5.69 Å². The van der Waals surface area contributed by atoms with Crippen LogP contribution < -0.4 is 10.2 Å². The Hall–Kier alpha value is -1.55. The fourth-order valence-corrected chi connectivity index (χ4v) is 2.79. The van der Waals surface area contributed by atoms with E-state index in [1.165, 1.54) is 29.9 Å². The van der Waals surface area contributed by atoms with Gasteiger partial charge in [0, 0.05) is 26.2 Å². The minimum absolute atomic E-state index is 0.589. The van der Waals surface area contributed by atoms with E-state index in [0.717, 1.165) is 13.1 Å². The largest absolute Gasteiger partial charge is 0.376 e. The van der Waals surface area contributed by atoms with Gasteiger partial charge in [-0.15, -0.1) is 0 Å². The molecule has 2 aromatic heterocycles. The number of rotatable bonds is 2. The summed E-state index contributed by atoms with van der Waals surface area (Å²) in [5.74, 6) is 1.81. The number of hydrogen-bond acceptors (Lipinski definition) is 3. The number of nitrogens with zero attached hydrogens (tertiary/aromatic N) is 3. The highest BCUT2D eigenvalue weighted by Gasteiger charge is 2.20. The molecule has 0 spiro atoms. The molecule has 0 aromatic carbocycles. The quantitative estimate of drug-likeness (QED) is 0.875. The standard InChI is InChI=1S/C14H20N4/c1-17(2)12-4-3-9-18-13(12)10-16-14(18)11-5-7-15-8-6-11/h3-4,9-11,15H,5-8H2,1-2H3. The highest BCUT2D eigenvalue weighted by molar-refractivity contribution is 5.72. The summed E-state index contributed by atoms with van der Waals surface area (Å²) in [6.45, 7) is 2.21. The Kier molecular flexibility index (Phi) is 2.96. The molecule has 0 bridgehead atoms. The number of nitrogens with one attached hydrogen (secondary N) is 1. The van der Waals surface area contributed by atoms with Gasteiger partial charge in [-0.25, -0.2) is 4.98 Å². The monoisotopic (exact) mass is 244 g/mol. The van der Waals surface area contributed by atoms with Crippen molar-refractivity contribution in [3.63, 3.8) is 0 Å². The first-order chi connectivity index (χ1) is 8.77. The highest BCUT2D eigenvalue weighted by atomic mass is 15.1. The van der Waals surface area contributed by atoms with Crippen molar-refractivity contribution in [2.24, 2.45) is 0 Å². The van der Waals surface area contributed by atoms with Gasteiger partial charge in [-0.05, 0) is 38.1 Å². The van der Waals surface area contributed by atoms with Crippen molar-refractivity contribution in [3.05, 3.63) is 30.4 Å². The molecule has 0 atom stereocenters. The van der Waals surface area contributed by atoms with E-state index < -0.39 is 0 Å². The summed E-state index contributed by atoms with van der Waals surface area (Å²) >= 11 is 0. The molecule has 18 heavy (non-hydrogen) atoms. The molecule has 2 aromatic rings. The Morgan fingerprint density at radius 2 is 2.11 bits per heavy atom. The van der Waals surface area contributed by atoms with E-state index in [0.29, 0.717) is 5.92 Å². The molecular formula is C14H20N4. The third-order valence-electron chi connectivity index (χ3n) is 3.76. The molecule has 1 fully saturated rings. The smallest absolute Gasteiger partial charge is 0.116 e. The lowest BCUT2D eigenvalue weighted by Gasteiger charge is -2.22. The topological polar surface area (TPSA) is 32.6 Å². The maximum absolute atomic E-state index is 4.67. The van der Waals surface area contributed by atoms with E-state index in [4.69, 9.17) is 0 Å². The molecular weight excluding hydrogens is 224 g/mol. The number of pyridine rings is 1. The van der Waals surface area contributed by atoms with E-state index in [2.05, 4.69) is 52.0 Å². The number of hydrogen-bond donors (Lipinski definition) is 1. The third-order valence-corrected chi connectivity index (χ3v) is 3.76. The Labute approximate surface area is 108 Å². The molecule has 1 aliphatic heterocycles. The van der Waals surface area contributed by atoms with Gasteiger partial charge in [0.1, 0.15) is 5.82 Å². The van der Waals surface area contributed by atoms with Crippen LogP contribution in [0.2, 0.25) is 0 Å². The molecule has 4 nitrogen and oxygen atoms in total. The van der Waals surface area contributed by atoms with Crippen molar-refractivity contribution in [2.75, 3.05) is 32.1 Å². The Bertz CT molecular complexity index is 538. The van der Waals surface area contributed by atoms with Crippen LogP contribution in [0.25, 0.3) is 5.52 Å². The summed E-state index contributed by atoms with van der Waals surface area (Å²) in [6.07, 6.45) is 6.51. The van der Waals surface area contributed by atoms with Crippen LogP contribution in [0.15, 0.2) is 24.5 Å². The first-order valence-corrected chi connectivity index (χ1v) is 6.61. The van der Waals surface area contributed by atoms with Crippen molar-refractivity contribution in [2.45, 2.75) is 18.8 Å². The second-order valence-electron chi connectivity index (χ2n) is 5.18. The Morgan fingerprint density at radius 1 is 1.33 bits per heavy atom. The number of imidazole rings is 1. The average molecular weight is 244 g/mol. The van der Waals surface area contributed by atoms with E-state index in [9.17, 15) is 0 Å². The maximum Gasteiger partial charge on any atom is 0.116 e. The van der Waals surface area contributed by atoms with Crippen LogP contribution in [0.3, 0.4) is 0 Å². The first-order valence-electron chi connectivity index (χ1n) is 6.61. The lowest BCUT2D eigenvalue weighted by molar-refractivity contribution is 0.444. The van der Waals surface area contributed by atoms with Gasteiger partial charge in [0.25, 0.3) is 0 Å². The fraction of sp³-hybridized carbons (Fsp3) is 0.500. The molecule has 0 radical (unpaired) electrons. The van der Waals surface area contributed by atoms with Crippen molar-refractivity contribution in [3.8, 4) is 0 Å². The van der Waals surface area contributed by atoms with Gasteiger partial charge in [-0.1, -0.05) is 0 Å². The molecule has 1 N–H and O–H groups in total. The van der Waals surface area contributed by atoms with E-state index in [-0.39, 0.29) is 0 Å². The summed E-state index contributed by atoms with van der Waals surface area (Å²) in [5.41, 5.74) is 2.43. The minimum Gasteiger partial charge on any atom is -0.376 e. The van der Waals surface area contributed by atoms with Crippen molar-refractivity contribution < 1.29 is 0 Å². The summed E-state index contributed by atoms with van der Waals surface area (Å²) in [6, 6.07) is 4.25. The summed E-state index contributed by atoms with van der Waals surface area (Å²) in [5, 5.41) is 3.41. The van der Waals surface area contributed by atoms with Crippen molar-refractivity contribution in [1.82, 2.24) is 14.7 Å². The lowest BCUT2D eigenvalue weighted by Crippen LogP contribution is -2.27. The zero-order valence-corrected chi connectivity index (χ0v) is 11.1. The maximum atomic E-state index is 4.67. The molecule has 0 amide bonds. The molecule has 96 valence electrons. The first kappa shape index (κ1) is 11.5. The van der Waals surface area contributed by atoms with Gasteiger partial charge < -0.3 is 14.6 Å². The van der Waals surface area contributed by atoms with Crippen LogP contribution in [0.1, 0.15) is 24.6 Å².